The molecule has 0 fully saturated rings. The lowest BCUT2D eigenvalue weighted by molar-refractivity contribution is -0.174. The Hall–Kier alpha value is -0.740. The molecule has 0 spiro atoms. The average Bonchev–Trinajstić information content (AvgIpc) is 1.85. The first kappa shape index (κ1) is 10.3. The second-order valence-corrected chi connectivity index (χ2v) is 2.28. The first-order valence-electron chi connectivity index (χ1n) is 3.25. The molecule has 66 valence electrons. The number of carbonyl (C=O) groups excluding carboxylic acids is 1. The quantitative estimate of drug-likeness (QED) is 0.666. The summed E-state index contributed by atoms with van der Waals surface area (Å²) in [5.74, 6) is -1.87. The van der Waals surface area contributed by atoms with Crippen LogP contribution < -0.4 is 5.32 Å². The highest BCUT2D eigenvalue weighted by Crippen LogP contribution is 2.14. The van der Waals surface area contributed by atoms with E-state index in [4.69, 9.17) is 0 Å². The molecule has 0 heterocycles. The molecule has 11 heavy (non-hydrogen) atoms. The zero-order valence-electron chi connectivity index (χ0n) is 6.33. The molecule has 0 aromatic carbocycles. The van der Waals surface area contributed by atoms with Crippen LogP contribution in [0.2, 0.25) is 0 Å². The van der Waals surface area contributed by atoms with E-state index >= 15 is 0 Å². The van der Waals surface area contributed by atoms with Crippen molar-refractivity contribution < 1.29 is 18.0 Å². The number of rotatable bonds is 2. The molecule has 0 saturated heterocycles. The summed E-state index contributed by atoms with van der Waals surface area (Å²) < 4.78 is 34.6. The summed E-state index contributed by atoms with van der Waals surface area (Å²) in [6.45, 7) is 3.21. The van der Waals surface area contributed by atoms with Gasteiger partial charge in [-0.25, -0.2) is 0 Å². The molecule has 2 nitrogen and oxygen atoms in total. The highest BCUT2D eigenvalue weighted by molar-refractivity contribution is 5.81. The molecule has 0 rings (SSSR count). The summed E-state index contributed by atoms with van der Waals surface area (Å²) in [5, 5.41) is 1.81. The van der Waals surface area contributed by atoms with E-state index in [1.165, 1.54) is 6.92 Å². The Balaban J connectivity index is 3.88. The van der Waals surface area contributed by atoms with E-state index in [2.05, 4.69) is 0 Å². The third kappa shape index (κ3) is 3.85. The summed E-state index contributed by atoms with van der Waals surface area (Å²) in [4.78, 5) is 10.2. The van der Waals surface area contributed by atoms with E-state index in [1.54, 1.807) is 12.2 Å². The van der Waals surface area contributed by atoms with Crippen LogP contribution in [0.1, 0.15) is 20.3 Å². The van der Waals surface area contributed by atoms with Crippen LogP contribution in [0.5, 0.6) is 0 Å². The Morgan fingerprint density at radius 3 is 2.27 bits per heavy atom. The van der Waals surface area contributed by atoms with Crippen LogP contribution in [0.3, 0.4) is 0 Å². The highest BCUT2D eigenvalue weighted by atomic mass is 19.4. The van der Waals surface area contributed by atoms with E-state index < -0.39 is 18.1 Å². The van der Waals surface area contributed by atoms with Crippen molar-refractivity contribution in [3.05, 3.63) is 0 Å². The Morgan fingerprint density at radius 2 is 2.00 bits per heavy atom. The maximum atomic E-state index is 11.5. The van der Waals surface area contributed by atoms with Crippen molar-refractivity contribution in [1.29, 1.82) is 0 Å². The van der Waals surface area contributed by atoms with E-state index in [1.807, 2.05) is 0 Å². The molecule has 0 aliphatic rings. The first-order valence-corrected chi connectivity index (χ1v) is 3.25. The molecule has 1 amide bonds. The molecule has 1 N–H and O–H groups in total. The van der Waals surface area contributed by atoms with Gasteiger partial charge in [-0.3, -0.25) is 4.79 Å². The van der Waals surface area contributed by atoms with Crippen LogP contribution in [0.25, 0.3) is 0 Å². The Kier molecular flexibility index (Phi) is 3.35. The lowest BCUT2D eigenvalue weighted by atomic mass is 10.2. The van der Waals surface area contributed by atoms with Gasteiger partial charge >= 0.3 is 12.1 Å². The average molecular weight is 169 g/mol. The van der Waals surface area contributed by atoms with Crippen molar-refractivity contribution in [2.24, 2.45) is 0 Å². The minimum absolute atomic E-state index is 0.427. The number of carbonyl (C=O) groups is 1. The normalized spacial score (nSPS) is 14.3. The van der Waals surface area contributed by atoms with Gasteiger partial charge in [0.25, 0.3) is 0 Å². The minimum Gasteiger partial charge on any atom is -0.346 e. The molecule has 1 atom stereocenters. The van der Waals surface area contributed by atoms with Gasteiger partial charge in [-0.2, -0.15) is 13.2 Å². The van der Waals surface area contributed by atoms with Gasteiger partial charge in [0, 0.05) is 6.04 Å². The molecule has 0 aliphatic heterocycles. The Morgan fingerprint density at radius 1 is 1.55 bits per heavy atom. The van der Waals surface area contributed by atoms with Crippen molar-refractivity contribution in [2.75, 3.05) is 0 Å². The SMILES string of the molecule is CC[C@H](C)NC(=O)C(F)(F)F. The van der Waals surface area contributed by atoms with Crippen molar-refractivity contribution >= 4 is 5.91 Å². The van der Waals surface area contributed by atoms with E-state index in [9.17, 15) is 18.0 Å². The van der Waals surface area contributed by atoms with Crippen LogP contribution in [0.15, 0.2) is 0 Å². The number of hydrogen-bond acceptors (Lipinski definition) is 1. The summed E-state index contributed by atoms with van der Waals surface area (Å²) >= 11 is 0. The van der Waals surface area contributed by atoms with Gasteiger partial charge in [0.2, 0.25) is 0 Å². The molecule has 0 unspecified atom stereocenters. The summed E-state index contributed by atoms with van der Waals surface area (Å²) in [6.07, 6.45) is -4.27. The maximum absolute atomic E-state index is 11.5. The zero-order chi connectivity index (χ0) is 9.07. The van der Waals surface area contributed by atoms with Gasteiger partial charge in [-0.15, -0.1) is 0 Å². The molecule has 0 saturated carbocycles. The molecule has 0 aromatic heterocycles. The number of nitrogens with one attached hydrogen (secondary N) is 1. The number of alkyl halides is 3. The van der Waals surface area contributed by atoms with E-state index in [0.717, 1.165) is 0 Å². The van der Waals surface area contributed by atoms with Gasteiger partial charge in [0.05, 0.1) is 0 Å². The zero-order valence-corrected chi connectivity index (χ0v) is 6.33. The monoisotopic (exact) mass is 169 g/mol. The van der Waals surface area contributed by atoms with Crippen LogP contribution in [0, 0.1) is 0 Å². The highest BCUT2D eigenvalue weighted by Gasteiger charge is 2.38. The Bertz CT molecular complexity index is 143. The van der Waals surface area contributed by atoms with Crippen molar-refractivity contribution in [2.45, 2.75) is 32.5 Å². The number of halogens is 3. The second kappa shape index (κ2) is 3.59. The first-order chi connectivity index (χ1) is 4.88. The van der Waals surface area contributed by atoms with Gasteiger partial charge in [0.15, 0.2) is 0 Å². The minimum atomic E-state index is -4.76. The van der Waals surface area contributed by atoms with Crippen LogP contribution in [-0.2, 0) is 4.79 Å². The Labute approximate surface area is 62.8 Å². The smallest absolute Gasteiger partial charge is 0.346 e. The van der Waals surface area contributed by atoms with Crippen molar-refractivity contribution in [1.82, 2.24) is 5.32 Å². The largest absolute Gasteiger partial charge is 0.471 e. The molecular weight excluding hydrogens is 159 g/mol. The molecule has 0 aromatic rings. The summed E-state index contributed by atoms with van der Waals surface area (Å²) in [5.41, 5.74) is 0. The topological polar surface area (TPSA) is 29.1 Å². The fourth-order valence-corrected chi connectivity index (χ4v) is 0.408. The molecule has 0 radical (unpaired) electrons. The van der Waals surface area contributed by atoms with Crippen LogP contribution >= 0.6 is 0 Å². The standard InChI is InChI=1S/C6H10F3NO/c1-3-4(2)10-5(11)6(7,8)9/h4H,3H2,1-2H3,(H,10,11)/t4-/m0/s1. The lowest BCUT2D eigenvalue weighted by Crippen LogP contribution is -2.41. The van der Waals surface area contributed by atoms with Gasteiger partial charge in [0.1, 0.15) is 0 Å². The van der Waals surface area contributed by atoms with Gasteiger partial charge in [-0.1, -0.05) is 6.92 Å². The number of amides is 1. The maximum Gasteiger partial charge on any atom is 0.471 e. The summed E-state index contributed by atoms with van der Waals surface area (Å²) in [7, 11) is 0. The summed E-state index contributed by atoms with van der Waals surface area (Å²) in [6, 6.07) is -0.427. The number of hydrogen-bond donors (Lipinski definition) is 1. The third-order valence-electron chi connectivity index (χ3n) is 1.25. The van der Waals surface area contributed by atoms with Crippen molar-refractivity contribution in [3.8, 4) is 0 Å². The van der Waals surface area contributed by atoms with Crippen LogP contribution in [-0.4, -0.2) is 18.1 Å². The van der Waals surface area contributed by atoms with Gasteiger partial charge in [-0.05, 0) is 13.3 Å². The van der Waals surface area contributed by atoms with E-state index in [-0.39, 0.29) is 0 Å². The predicted octanol–water partition coefficient (Wildman–Crippen LogP) is 1.46. The van der Waals surface area contributed by atoms with E-state index in [0.29, 0.717) is 6.42 Å². The second-order valence-electron chi connectivity index (χ2n) is 2.28. The molecule has 0 aliphatic carbocycles. The lowest BCUT2D eigenvalue weighted by Gasteiger charge is -2.12. The third-order valence-corrected chi connectivity index (χ3v) is 1.25. The van der Waals surface area contributed by atoms with Crippen LogP contribution in [0.4, 0.5) is 13.2 Å². The predicted molar refractivity (Wildman–Crippen MR) is 34.0 cm³/mol. The van der Waals surface area contributed by atoms with Gasteiger partial charge < -0.3 is 5.32 Å². The molecule has 5 heteroatoms. The van der Waals surface area contributed by atoms with Crippen molar-refractivity contribution in [3.63, 3.8) is 0 Å². The fourth-order valence-electron chi connectivity index (χ4n) is 0.408. The molecular formula is C6H10F3NO. The molecule has 0 bridgehead atoms. The fraction of sp³-hybridized carbons (Fsp3) is 0.833.